The lowest BCUT2D eigenvalue weighted by molar-refractivity contribution is 0.322. The van der Waals surface area contributed by atoms with Crippen molar-refractivity contribution in [3.05, 3.63) is 28.7 Å². The molecule has 0 radical (unpaired) electrons. The molecule has 0 spiro atoms. The number of nitrogens with one attached hydrogen (secondary N) is 1. The van der Waals surface area contributed by atoms with Crippen LogP contribution in [0.3, 0.4) is 0 Å². The van der Waals surface area contributed by atoms with E-state index in [-0.39, 0.29) is 6.54 Å². The van der Waals surface area contributed by atoms with Gasteiger partial charge in [0, 0.05) is 11.0 Å². The van der Waals surface area contributed by atoms with E-state index in [4.69, 9.17) is 4.74 Å². The van der Waals surface area contributed by atoms with Gasteiger partial charge in [-0.25, -0.2) is 13.1 Å². The van der Waals surface area contributed by atoms with Crippen molar-refractivity contribution < 1.29 is 13.2 Å². The van der Waals surface area contributed by atoms with Gasteiger partial charge in [-0.1, -0.05) is 15.9 Å². The van der Waals surface area contributed by atoms with Gasteiger partial charge in [-0.3, -0.25) is 0 Å². The number of sulfonamides is 1. The molecule has 1 N–H and O–H groups in total. The topological polar surface area (TPSA) is 55.4 Å². The molecule has 4 nitrogen and oxygen atoms in total. The molecule has 1 aromatic carbocycles. The van der Waals surface area contributed by atoms with Gasteiger partial charge in [0.1, 0.15) is 12.4 Å². The third-order valence-corrected chi connectivity index (χ3v) is 4.48. The van der Waals surface area contributed by atoms with Crippen molar-refractivity contribution in [2.75, 3.05) is 13.2 Å². The van der Waals surface area contributed by atoms with Gasteiger partial charge < -0.3 is 4.74 Å². The maximum Gasteiger partial charge on any atom is 0.214 e. The van der Waals surface area contributed by atoms with E-state index in [1.54, 1.807) is 13.8 Å². The fourth-order valence-electron chi connectivity index (χ4n) is 1.05. The number of ether oxygens (including phenoxy) is 1. The molecule has 0 saturated carbocycles. The van der Waals surface area contributed by atoms with Gasteiger partial charge in [-0.05, 0) is 38.1 Å². The average molecular weight is 322 g/mol. The first-order valence-electron chi connectivity index (χ1n) is 5.28. The second-order valence-corrected chi connectivity index (χ2v) is 7.03. The summed E-state index contributed by atoms with van der Waals surface area (Å²) in [5, 5.41) is -0.421. The van der Waals surface area contributed by atoms with Crippen molar-refractivity contribution in [3.63, 3.8) is 0 Å². The van der Waals surface area contributed by atoms with Crippen LogP contribution in [0.5, 0.6) is 5.75 Å². The fraction of sp³-hybridized carbons (Fsp3) is 0.455. The van der Waals surface area contributed by atoms with Crippen molar-refractivity contribution in [2.24, 2.45) is 0 Å². The number of benzene rings is 1. The summed E-state index contributed by atoms with van der Waals surface area (Å²) in [6, 6.07) is 7.38. The number of halogens is 1. The number of hydrogen-bond donors (Lipinski definition) is 1. The summed E-state index contributed by atoms with van der Waals surface area (Å²) in [6.07, 6.45) is 0. The van der Waals surface area contributed by atoms with Crippen molar-refractivity contribution in [3.8, 4) is 5.75 Å². The van der Waals surface area contributed by atoms with Gasteiger partial charge in [0.2, 0.25) is 10.0 Å². The van der Waals surface area contributed by atoms with Crippen molar-refractivity contribution in [1.82, 2.24) is 4.72 Å². The third kappa shape index (κ3) is 5.06. The summed E-state index contributed by atoms with van der Waals surface area (Å²) in [6.45, 7) is 3.86. The van der Waals surface area contributed by atoms with E-state index >= 15 is 0 Å². The molecular weight excluding hydrogens is 306 g/mol. The van der Waals surface area contributed by atoms with E-state index in [1.165, 1.54) is 0 Å². The summed E-state index contributed by atoms with van der Waals surface area (Å²) in [5.74, 6) is 0.719. The number of hydrogen-bond acceptors (Lipinski definition) is 3. The van der Waals surface area contributed by atoms with Gasteiger partial charge in [0.05, 0.1) is 5.25 Å². The predicted molar refractivity (Wildman–Crippen MR) is 71.7 cm³/mol. The van der Waals surface area contributed by atoms with E-state index in [0.29, 0.717) is 6.61 Å². The monoisotopic (exact) mass is 321 g/mol. The van der Waals surface area contributed by atoms with E-state index in [0.717, 1.165) is 10.2 Å². The van der Waals surface area contributed by atoms with Crippen molar-refractivity contribution >= 4 is 26.0 Å². The highest BCUT2D eigenvalue weighted by atomic mass is 79.9. The molecule has 96 valence electrons. The van der Waals surface area contributed by atoms with Gasteiger partial charge in [0.15, 0.2) is 0 Å². The summed E-state index contributed by atoms with van der Waals surface area (Å²) >= 11 is 3.32. The van der Waals surface area contributed by atoms with Crippen LogP contribution in [-0.4, -0.2) is 26.8 Å². The van der Waals surface area contributed by atoms with Crippen LogP contribution in [0.25, 0.3) is 0 Å². The molecule has 17 heavy (non-hydrogen) atoms. The second kappa shape index (κ2) is 6.37. The molecule has 0 aliphatic rings. The molecule has 0 aliphatic carbocycles. The summed E-state index contributed by atoms with van der Waals surface area (Å²) in [5.41, 5.74) is 0. The minimum atomic E-state index is -3.20. The van der Waals surface area contributed by atoms with Crippen LogP contribution in [0.15, 0.2) is 28.7 Å². The van der Waals surface area contributed by atoms with E-state index in [9.17, 15) is 8.42 Å². The highest BCUT2D eigenvalue weighted by molar-refractivity contribution is 9.10. The maximum absolute atomic E-state index is 11.4. The lowest BCUT2D eigenvalue weighted by Gasteiger charge is -2.10. The zero-order chi connectivity index (χ0) is 12.9. The molecule has 0 unspecified atom stereocenters. The van der Waals surface area contributed by atoms with E-state index < -0.39 is 15.3 Å². The normalized spacial score (nSPS) is 11.8. The van der Waals surface area contributed by atoms with E-state index in [2.05, 4.69) is 20.7 Å². The average Bonchev–Trinajstić information content (AvgIpc) is 2.26. The highest BCUT2D eigenvalue weighted by Gasteiger charge is 2.14. The molecule has 0 heterocycles. The van der Waals surface area contributed by atoms with Crippen LogP contribution in [-0.2, 0) is 10.0 Å². The molecule has 1 aromatic rings. The molecule has 0 fully saturated rings. The first kappa shape index (κ1) is 14.5. The minimum absolute atomic E-state index is 0.274. The predicted octanol–water partition coefficient (Wildman–Crippen LogP) is 2.16. The van der Waals surface area contributed by atoms with Crippen LogP contribution < -0.4 is 9.46 Å². The lowest BCUT2D eigenvalue weighted by atomic mass is 10.3. The quantitative estimate of drug-likeness (QED) is 0.817. The van der Waals surface area contributed by atoms with Gasteiger partial charge in [-0.2, -0.15) is 0 Å². The van der Waals surface area contributed by atoms with Crippen LogP contribution in [0, 0.1) is 0 Å². The van der Waals surface area contributed by atoms with Gasteiger partial charge in [-0.15, -0.1) is 0 Å². The largest absolute Gasteiger partial charge is 0.492 e. The number of rotatable bonds is 6. The van der Waals surface area contributed by atoms with Crippen LogP contribution >= 0.6 is 15.9 Å². The summed E-state index contributed by atoms with van der Waals surface area (Å²) < 4.78 is 31.7. The molecule has 0 aliphatic heterocycles. The molecule has 0 saturated heterocycles. The summed E-state index contributed by atoms with van der Waals surface area (Å²) in [4.78, 5) is 0. The highest BCUT2D eigenvalue weighted by Crippen LogP contribution is 2.15. The maximum atomic E-state index is 11.4. The van der Waals surface area contributed by atoms with Crippen molar-refractivity contribution in [1.29, 1.82) is 0 Å². The molecule has 0 atom stereocenters. The Hall–Kier alpha value is -0.590. The molecule has 0 bridgehead atoms. The fourth-order valence-corrected chi connectivity index (χ4v) is 2.02. The Morgan fingerprint density at radius 1 is 1.29 bits per heavy atom. The smallest absolute Gasteiger partial charge is 0.214 e. The molecule has 0 aromatic heterocycles. The summed E-state index contributed by atoms with van der Waals surface area (Å²) in [7, 11) is -3.20. The van der Waals surface area contributed by atoms with Gasteiger partial charge in [0.25, 0.3) is 0 Å². The van der Waals surface area contributed by atoms with Crippen LogP contribution in [0.2, 0.25) is 0 Å². The second-order valence-electron chi connectivity index (χ2n) is 3.79. The SMILES string of the molecule is CC(C)S(=O)(=O)NCCOc1ccc(Br)cc1. The Kier molecular flexibility index (Phi) is 5.42. The van der Waals surface area contributed by atoms with Crippen molar-refractivity contribution in [2.45, 2.75) is 19.1 Å². The Labute approximate surface area is 111 Å². The Balaban J connectivity index is 2.32. The molecule has 6 heteroatoms. The zero-order valence-electron chi connectivity index (χ0n) is 9.81. The third-order valence-electron chi connectivity index (χ3n) is 2.11. The Bertz CT molecular complexity index is 442. The Morgan fingerprint density at radius 2 is 1.88 bits per heavy atom. The molecule has 1 rings (SSSR count). The van der Waals surface area contributed by atoms with Crippen LogP contribution in [0.1, 0.15) is 13.8 Å². The zero-order valence-corrected chi connectivity index (χ0v) is 12.2. The lowest BCUT2D eigenvalue weighted by Crippen LogP contribution is -2.33. The van der Waals surface area contributed by atoms with E-state index in [1.807, 2.05) is 24.3 Å². The molecular formula is C11H16BrNO3S. The Morgan fingerprint density at radius 3 is 2.41 bits per heavy atom. The first-order chi connectivity index (χ1) is 7.92. The molecule has 0 amide bonds. The standard InChI is InChI=1S/C11H16BrNO3S/c1-9(2)17(14,15)13-7-8-16-11-5-3-10(12)4-6-11/h3-6,9,13H,7-8H2,1-2H3. The van der Waals surface area contributed by atoms with Crippen LogP contribution in [0.4, 0.5) is 0 Å². The van der Waals surface area contributed by atoms with Gasteiger partial charge >= 0.3 is 0 Å². The minimum Gasteiger partial charge on any atom is -0.492 e. The first-order valence-corrected chi connectivity index (χ1v) is 7.62.